The van der Waals surface area contributed by atoms with Crippen LogP contribution in [0.1, 0.15) is 23.6 Å². The molecule has 3 nitrogen and oxygen atoms in total. The van der Waals surface area contributed by atoms with Gasteiger partial charge in [0.05, 0.1) is 0 Å². The van der Waals surface area contributed by atoms with Gasteiger partial charge in [-0.25, -0.2) is 0 Å². The van der Waals surface area contributed by atoms with Crippen molar-refractivity contribution >= 4 is 17.3 Å². The van der Waals surface area contributed by atoms with Crippen LogP contribution < -0.4 is 10.6 Å². The number of carbonyl (C=O) groups excluding carboxylic acids is 1. The first kappa shape index (κ1) is 15.1. The molecule has 21 heavy (non-hydrogen) atoms. The molecule has 1 amide bonds. The highest BCUT2D eigenvalue weighted by Gasteiger charge is 2.14. The van der Waals surface area contributed by atoms with Crippen LogP contribution in [0, 0.1) is 20.8 Å². The first-order chi connectivity index (χ1) is 9.97. The van der Waals surface area contributed by atoms with Gasteiger partial charge in [-0.3, -0.25) is 4.79 Å². The van der Waals surface area contributed by atoms with Gasteiger partial charge in [0.25, 0.3) is 0 Å². The monoisotopic (exact) mass is 282 g/mol. The summed E-state index contributed by atoms with van der Waals surface area (Å²) in [4.78, 5) is 12.3. The lowest BCUT2D eigenvalue weighted by Crippen LogP contribution is -2.32. The number of anilines is 2. The molecule has 0 saturated carbocycles. The normalized spacial score (nSPS) is 11.8. The number of nitrogens with one attached hydrogen (secondary N) is 2. The van der Waals surface area contributed by atoms with E-state index in [1.54, 1.807) is 0 Å². The number of hydrogen-bond acceptors (Lipinski definition) is 2. The fourth-order valence-electron chi connectivity index (χ4n) is 2.18. The SMILES string of the molecule is Cc1cccc(NC(=O)C(C)Nc2cccc(C)c2C)c1. The van der Waals surface area contributed by atoms with E-state index < -0.39 is 0 Å². The molecule has 2 aromatic carbocycles. The fourth-order valence-corrected chi connectivity index (χ4v) is 2.18. The summed E-state index contributed by atoms with van der Waals surface area (Å²) in [6, 6.07) is 13.6. The van der Waals surface area contributed by atoms with Gasteiger partial charge in [-0.15, -0.1) is 0 Å². The van der Waals surface area contributed by atoms with Crippen LogP contribution in [0.2, 0.25) is 0 Å². The van der Waals surface area contributed by atoms with Crippen molar-refractivity contribution in [2.45, 2.75) is 33.7 Å². The average molecular weight is 282 g/mol. The minimum absolute atomic E-state index is 0.0403. The van der Waals surface area contributed by atoms with E-state index in [0.29, 0.717) is 0 Å². The number of hydrogen-bond donors (Lipinski definition) is 2. The third-order valence-corrected chi connectivity index (χ3v) is 3.66. The molecule has 110 valence electrons. The lowest BCUT2D eigenvalue weighted by atomic mass is 10.1. The summed E-state index contributed by atoms with van der Waals surface area (Å²) in [5, 5.41) is 6.21. The van der Waals surface area contributed by atoms with E-state index in [9.17, 15) is 4.79 Å². The number of benzene rings is 2. The number of rotatable bonds is 4. The second kappa shape index (κ2) is 6.44. The highest BCUT2D eigenvalue weighted by molar-refractivity contribution is 5.96. The van der Waals surface area contributed by atoms with Gasteiger partial charge in [-0.2, -0.15) is 0 Å². The van der Waals surface area contributed by atoms with Crippen LogP contribution in [-0.2, 0) is 4.79 Å². The number of aryl methyl sites for hydroxylation is 2. The summed E-state index contributed by atoms with van der Waals surface area (Å²) >= 11 is 0. The predicted octanol–water partition coefficient (Wildman–Crippen LogP) is 4.05. The maximum Gasteiger partial charge on any atom is 0.246 e. The van der Waals surface area contributed by atoms with Crippen molar-refractivity contribution in [2.24, 2.45) is 0 Å². The van der Waals surface area contributed by atoms with Gasteiger partial charge in [0.15, 0.2) is 0 Å². The predicted molar refractivity (Wildman–Crippen MR) is 88.8 cm³/mol. The summed E-state index contributed by atoms with van der Waals surface area (Å²) in [5.41, 5.74) is 5.35. The standard InChI is InChI=1S/C18H22N2O/c1-12-7-5-9-16(11-12)20-18(21)15(4)19-17-10-6-8-13(2)14(17)3/h5-11,15,19H,1-4H3,(H,20,21). The molecule has 0 saturated heterocycles. The van der Waals surface area contributed by atoms with E-state index in [1.165, 1.54) is 11.1 Å². The Bertz CT molecular complexity index is 649. The van der Waals surface area contributed by atoms with Crippen LogP contribution >= 0.6 is 0 Å². The molecule has 1 atom stereocenters. The Labute approximate surface area is 126 Å². The topological polar surface area (TPSA) is 41.1 Å². The van der Waals surface area contributed by atoms with Gasteiger partial charge in [0.1, 0.15) is 6.04 Å². The van der Waals surface area contributed by atoms with Gasteiger partial charge in [0.2, 0.25) is 5.91 Å². The molecule has 0 spiro atoms. The molecular formula is C18H22N2O. The van der Waals surface area contributed by atoms with Crippen molar-refractivity contribution < 1.29 is 4.79 Å². The molecule has 2 aromatic rings. The zero-order valence-corrected chi connectivity index (χ0v) is 13.0. The minimum atomic E-state index is -0.300. The zero-order chi connectivity index (χ0) is 15.4. The highest BCUT2D eigenvalue weighted by atomic mass is 16.2. The van der Waals surface area contributed by atoms with Crippen molar-refractivity contribution in [3.8, 4) is 0 Å². The molecule has 0 aromatic heterocycles. The summed E-state index contributed by atoms with van der Waals surface area (Å²) < 4.78 is 0. The molecule has 0 aliphatic rings. The first-order valence-corrected chi connectivity index (χ1v) is 7.17. The molecule has 3 heteroatoms. The third kappa shape index (κ3) is 3.85. The second-order valence-corrected chi connectivity index (χ2v) is 5.47. The van der Waals surface area contributed by atoms with Crippen molar-refractivity contribution in [3.05, 3.63) is 59.2 Å². The lowest BCUT2D eigenvalue weighted by molar-refractivity contribution is -0.116. The molecule has 0 radical (unpaired) electrons. The first-order valence-electron chi connectivity index (χ1n) is 7.17. The summed E-state index contributed by atoms with van der Waals surface area (Å²) in [7, 11) is 0. The Morgan fingerprint density at radius 2 is 1.76 bits per heavy atom. The fraction of sp³-hybridized carbons (Fsp3) is 0.278. The van der Waals surface area contributed by atoms with Crippen LogP contribution in [-0.4, -0.2) is 11.9 Å². The maximum atomic E-state index is 12.3. The highest BCUT2D eigenvalue weighted by Crippen LogP contribution is 2.19. The molecule has 0 aliphatic heterocycles. The van der Waals surface area contributed by atoms with Gasteiger partial charge < -0.3 is 10.6 Å². The van der Waals surface area contributed by atoms with E-state index >= 15 is 0 Å². The Kier molecular flexibility index (Phi) is 4.63. The van der Waals surface area contributed by atoms with Crippen molar-refractivity contribution in [2.75, 3.05) is 10.6 Å². The van der Waals surface area contributed by atoms with E-state index in [-0.39, 0.29) is 11.9 Å². The van der Waals surface area contributed by atoms with Crippen LogP contribution in [0.15, 0.2) is 42.5 Å². The Morgan fingerprint density at radius 1 is 1.05 bits per heavy atom. The molecule has 0 fully saturated rings. The summed E-state index contributed by atoms with van der Waals surface area (Å²) in [6.07, 6.45) is 0. The van der Waals surface area contributed by atoms with Gasteiger partial charge in [-0.05, 0) is 62.6 Å². The molecule has 0 aliphatic carbocycles. The Balaban J connectivity index is 2.04. The van der Waals surface area contributed by atoms with Gasteiger partial charge in [-0.1, -0.05) is 24.3 Å². The van der Waals surface area contributed by atoms with Crippen molar-refractivity contribution in [1.29, 1.82) is 0 Å². The van der Waals surface area contributed by atoms with Crippen LogP contribution in [0.5, 0.6) is 0 Å². The van der Waals surface area contributed by atoms with Gasteiger partial charge >= 0.3 is 0 Å². The molecule has 2 N–H and O–H groups in total. The average Bonchev–Trinajstić information content (AvgIpc) is 2.44. The smallest absolute Gasteiger partial charge is 0.246 e. The van der Waals surface area contributed by atoms with E-state index in [2.05, 4.69) is 30.5 Å². The number of carbonyl (C=O) groups is 1. The Hall–Kier alpha value is -2.29. The summed E-state index contributed by atoms with van der Waals surface area (Å²) in [6.45, 7) is 8.00. The van der Waals surface area contributed by atoms with E-state index in [0.717, 1.165) is 16.9 Å². The third-order valence-electron chi connectivity index (χ3n) is 3.66. The largest absolute Gasteiger partial charge is 0.374 e. The lowest BCUT2D eigenvalue weighted by Gasteiger charge is -2.18. The molecule has 0 heterocycles. The van der Waals surface area contributed by atoms with E-state index in [4.69, 9.17) is 0 Å². The van der Waals surface area contributed by atoms with E-state index in [1.807, 2.05) is 50.2 Å². The molecule has 1 unspecified atom stereocenters. The maximum absolute atomic E-state index is 12.3. The minimum Gasteiger partial charge on any atom is -0.374 e. The second-order valence-electron chi connectivity index (χ2n) is 5.47. The van der Waals surface area contributed by atoms with Crippen LogP contribution in [0.25, 0.3) is 0 Å². The summed E-state index contributed by atoms with van der Waals surface area (Å²) in [5.74, 6) is -0.0403. The number of amides is 1. The van der Waals surface area contributed by atoms with Crippen LogP contribution in [0.3, 0.4) is 0 Å². The molecular weight excluding hydrogens is 260 g/mol. The van der Waals surface area contributed by atoms with Crippen molar-refractivity contribution in [1.82, 2.24) is 0 Å². The zero-order valence-electron chi connectivity index (χ0n) is 13.0. The molecule has 2 rings (SSSR count). The van der Waals surface area contributed by atoms with Crippen molar-refractivity contribution in [3.63, 3.8) is 0 Å². The Morgan fingerprint density at radius 3 is 2.48 bits per heavy atom. The van der Waals surface area contributed by atoms with Gasteiger partial charge in [0, 0.05) is 11.4 Å². The van der Waals surface area contributed by atoms with Crippen LogP contribution in [0.4, 0.5) is 11.4 Å². The molecule has 0 bridgehead atoms. The quantitative estimate of drug-likeness (QED) is 0.888.